The highest BCUT2D eigenvalue weighted by Gasteiger charge is 2.47. The van der Waals surface area contributed by atoms with Crippen LogP contribution in [0.4, 0.5) is 0 Å². The Morgan fingerprint density at radius 1 is 0.508 bits per heavy atom. The molecule has 0 spiro atoms. The van der Waals surface area contributed by atoms with Gasteiger partial charge in [0.25, 0.3) is 0 Å². The van der Waals surface area contributed by atoms with Crippen LogP contribution in [0.5, 0.6) is 0 Å². The smallest absolute Gasteiger partial charge is 0.306 e. The molecule has 0 aromatic heterocycles. The maximum absolute atomic E-state index is 13.0. The molecule has 11 unspecified atom stereocenters. The molecular weight excluding hydrogens is 837 g/mol. The molecule has 65 heavy (non-hydrogen) atoms. The van der Waals surface area contributed by atoms with Gasteiger partial charge in [-0.25, -0.2) is 0 Å². The number of esters is 1. The zero-order valence-electron chi connectivity index (χ0n) is 40.5. The monoisotopic (exact) mass is 931 g/mol. The van der Waals surface area contributed by atoms with Crippen LogP contribution in [-0.2, 0) is 33.2 Å². The summed E-state index contributed by atoms with van der Waals surface area (Å²) in [4.78, 5) is 13.0. The minimum absolute atomic E-state index is 0.0580. The van der Waals surface area contributed by atoms with E-state index in [4.69, 9.17) is 28.4 Å². The Kier molecular flexibility index (Phi) is 36.1. The molecule has 2 heterocycles. The molecule has 2 aliphatic heterocycles. The lowest BCUT2D eigenvalue weighted by atomic mass is 9.98. The average Bonchev–Trinajstić information content (AvgIpc) is 3.30. The zero-order valence-corrected chi connectivity index (χ0v) is 40.5. The van der Waals surface area contributed by atoms with Crippen molar-refractivity contribution in [2.24, 2.45) is 0 Å². The molecule has 2 saturated heterocycles. The SMILES string of the molecule is CCCC/C=C\C/C=C\CCCCCCCCOCC(COC1OC(COC2OC(CO)C(O)C(O)C2O)C(O)C(O)C1O)OC(=O)CCCCCCCCCCCCCCCCCC. The molecule has 11 atom stereocenters. The summed E-state index contributed by atoms with van der Waals surface area (Å²) in [5.41, 5.74) is 0. The number of allylic oxidation sites excluding steroid dienone is 4. The van der Waals surface area contributed by atoms with Crippen molar-refractivity contribution in [2.75, 3.05) is 33.0 Å². The lowest BCUT2D eigenvalue weighted by Gasteiger charge is -2.42. The molecule has 0 amide bonds. The van der Waals surface area contributed by atoms with Gasteiger partial charge in [0.15, 0.2) is 12.6 Å². The van der Waals surface area contributed by atoms with Gasteiger partial charge in [-0.3, -0.25) is 4.79 Å². The molecule has 0 saturated carbocycles. The summed E-state index contributed by atoms with van der Waals surface area (Å²) in [6, 6.07) is 0. The lowest BCUT2D eigenvalue weighted by Crippen LogP contribution is -2.61. The second-order valence-corrected chi connectivity index (χ2v) is 18.3. The summed E-state index contributed by atoms with van der Waals surface area (Å²) in [5, 5.41) is 72.1. The van der Waals surface area contributed by atoms with Gasteiger partial charge in [-0.2, -0.15) is 0 Å². The van der Waals surface area contributed by atoms with E-state index >= 15 is 0 Å². The molecule has 7 N–H and O–H groups in total. The van der Waals surface area contributed by atoms with E-state index in [2.05, 4.69) is 38.2 Å². The Balaban J connectivity index is 1.77. The molecule has 0 radical (unpaired) electrons. The Morgan fingerprint density at radius 2 is 0.969 bits per heavy atom. The number of aliphatic hydroxyl groups excluding tert-OH is 7. The van der Waals surface area contributed by atoms with Crippen molar-refractivity contribution in [3.63, 3.8) is 0 Å². The van der Waals surface area contributed by atoms with Crippen LogP contribution in [0.25, 0.3) is 0 Å². The van der Waals surface area contributed by atoms with Crippen LogP contribution in [0.15, 0.2) is 24.3 Å². The molecule has 2 fully saturated rings. The molecule has 0 aromatic carbocycles. The van der Waals surface area contributed by atoms with E-state index in [1.165, 1.54) is 103 Å². The summed E-state index contributed by atoms with van der Waals surface area (Å²) >= 11 is 0. The number of ether oxygens (including phenoxy) is 6. The van der Waals surface area contributed by atoms with Crippen LogP contribution in [0.2, 0.25) is 0 Å². The molecule has 382 valence electrons. The van der Waals surface area contributed by atoms with Crippen LogP contribution in [0, 0.1) is 0 Å². The number of carbonyl (C=O) groups is 1. The number of hydrogen-bond acceptors (Lipinski definition) is 14. The third-order valence-corrected chi connectivity index (χ3v) is 12.5. The lowest BCUT2D eigenvalue weighted by molar-refractivity contribution is -0.332. The van der Waals surface area contributed by atoms with E-state index < -0.39 is 80.7 Å². The van der Waals surface area contributed by atoms with Crippen molar-refractivity contribution < 1.29 is 69.0 Å². The molecule has 0 aromatic rings. The Morgan fingerprint density at radius 3 is 1.52 bits per heavy atom. The second-order valence-electron chi connectivity index (χ2n) is 18.3. The van der Waals surface area contributed by atoms with Crippen LogP contribution >= 0.6 is 0 Å². The minimum Gasteiger partial charge on any atom is -0.457 e. The first kappa shape index (κ1) is 59.6. The van der Waals surface area contributed by atoms with Gasteiger partial charge in [0, 0.05) is 13.0 Å². The van der Waals surface area contributed by atoms with E-state index in [9.17, 15) is 40.5 Å². The van der Waals surface area contributed by atoms with E-state index in [0.717, 1.165) is 64.2 Å². The molecule has 2 aliphatic rings. The molecule has 2 rings (SSSR count). The fraction of sp³-hybridized carbons (Fsp3) is 0.902. The van der Waals surface area contributed by atoms with Crippen molar-refractivity contribution >= 4 is 5.97 Å². The number of hydrogen-bond donors (Lipinski definition) is 7. The maximum Gasteiger partial charge on any atom is 0.306 e. The fourth-order valence-corrected chi connectivity index (χ4v) is 8.18. The largest absolute Gasteiger partial charge is 0.457 e. The molecule has 0 aliphatic carbocycles. The highest BCUT2D eigenvalue weighted by Crippen LogP contribution is 2.26. The Hall–Kier alpha value is -1.53. The van der Waals surface area contributed by atoms with Gasteiger partial charge >= 0.3 is 5.97 Å². The van der Waals surface area contributed by atoms with Crippen LogP contribution in [0.3, 0.4) is 0 Å². The number of carbonyl (C=O) groups excluding carboxylic acids is 1. The van der Waals surface area contributed by atoms with Crippen molar-refractivity contribution in [3.8, 4) is 0 Å². The first-order valence-corrected chi connectivity index (χ1v) is 25.9. The standard InChI is InChI=1S/C51H94O14/c1-3-5-7-9-11-13-15-17-19-20-22-24-26-28-30-32-34-43(53)63-40(37-60-35-33-31-29-27-25-23-21-18-16-14-12-10-8-6-4-2)38-61-50-49(59)47(57)45(55)42(65-50)39-62-51-48(58)46(56)44(54)41(36-52)64-51/h10,12,16,18,40-42,44-52,54-59H,3-9,11,13-15,17,19-39H2,1-2H3/b12-10-,18-16-. The first-order valence-electron chi connectivity index (χ1n) is 25.9. The van der Waals surface area contributed by atoms with E-state index in [-0.39, 0.29) is 25.6 Å². The van der Waals surface area contributed by atoms with Crippen LogP contribution < -0.4 is 0 Å². The van der Waals surface area contributed by atoms with Crippen molar-refractivity contribution in [1.29, 1.82) is 0 Å². The second kappa shape index (κ2) is 39.3. The number of unbranched alkanes of at least 4 members (excludes halogenated alkanes) is 23. The minimum atomic E-state index is -1.71. The summed E-state index contributed by atoms with van der Waals surface area (Å²) in [6.07, 6.45) is 25.2. The fourth-order valence-electron chi connectivity index (χ4n) is 8.18. The molecular formula is C51H94O14. The third kappa shape index (κ3) is 27.3. The van der Waals surface area contributed by atoms with Crippen molar-refractivity contribution in [3.05, 3.63) is 24.3 Å². The summed E-state index contributed by atoms with van der Waals surface area (Å²) < 4.78 is 34.3. The predicted molar refractivity (Wildman–Crippen MR) is 252 cm³/mol. The number of aliphatic hydroxyl groups is 7. The first-order chi connectivity index (χ1) is 31.6. The van der Waals surface area contributed by atoms with Crippen LogP contribution in [0.1, 0.15) is 194 Å². The van der Waals surface area contributed by atoms with Gasteiger partial charge in [0.05, 0.1) is 26.4 Å². The maximum atomic E-state index is 13.0. The Bertz CT molecular complexity index is 1170. The van der Waals surface area contributed by atoms with Gasteiger partial charge in [-0.1, -0.05) is 173 Å². The van der Waals surface area contributed by atoms with E-state index in [1.807, 2.05) is 0 Å². The van der Waals surface area contributed by atoms with Gasteiger partial charge in [-0.05, 0) is 38.5 Å². The summed E-state index contributed by atoms with van der Waals surface area (Å²) in [7, 11) is 0. The zero-order chi connectivity index (χ0) is 47.3. The van der Waals surface area contributed by atoms with Gasteiger partial charge in [0.2, 0.25) is 0 Å². The van der Waals surface area contributed by atoms with Gasteiger partial charge in [0.1, 0.15) is 54.9 Å². The van der Waals surface area contributed by atoms with Crippen LogP contribution in [-0.4, -0.2) is 142 Å². The van der Waals surface area contributed by atoms with Crippen molar-refractivity contribution in [1.82, 2.24) is 0 Å². The van der Waals surface area contributed by atoms with Gasteiger partial charge in [-0.15, -0.1) is 0 Å². The molecule has 14 heteroatoms. The summed E-state index contributed by atoms with van der Waals surface area (Å²) in [6.45, 7) is 3.64. The number of rotatable bonds is 41. The third-order valence-electron chi connectivity index (χ3n) is 12.5. The van der Waals surface area contributed by atoms with E-state index in [0.29, 0.717) is 13.0 Å². The van der Waals surface area contributed by atoms with Gasteiger partial charge < -0.3 is 64.2 Å². The highest BCUT2D eigenvalue weighted by molar-refractivity contribution is 5.69. The summed E-state index contributed by atoms with van der Waals surface area (Å²) in [5.74, 6) is -0.378. The average molecular weight is 931 g/mol. The molecule has 14 nitrogen and oxygen atoms in total. The van der Waals surface area contributed by atoms with Crippen molar-refractivity contribution in [2.45, 2.75) is 261 Å². The molecule has 0 bridgehead atoms. The topological polar surface area (TPSA) is 214 Å². The normalized spacial score (nSPS) is 26.7. The predicted octanol–water partition coefficient (Wildman–Crippen LogP) is 7.63. The Labute approximate surface area is 392 Å². The highest BCUT2D eigenvalue weighted by atomic mass is 16.7. The van der Waals surface area contributed by atoms with E-state index in [1.54, 1.807) is 0 Å². The quantitative estimate of drug-likeness (QED) is 0.0179.